The molecule has 1 rings (SSSR count). The molecule has 1 aromatic rings. The molecule has 1 unspecified atom stereocenters. The van der Waals surface area contributed by atoms with E-state index in [0.717, 1.165) is 6.42 Å². The number of aryl methyl sites for hydroxylation is 1. The van der Waals surface area contributed by atoms with Crippen LogP contribution in [0.15, 0.2) is 0 Å². The molecule has 72 valence electrons. The first-order chi connectivity index (χ1) is 6.16. The summed E-state index contributed by atoms with van der Waals surface area (Å²) < 4.78 is 1.53. The lowest BCUT2D eigenvalue weighted by molar-refractivity contribution is -0.138. The molecule has 0 radical (unpaired) electrons. The van der Waals surface area contributed by atoms with Crippen LogP contribution in [0.25, 0.3) is 0 Å². The fraction of sp³-hybridized carbons (Fsp3) is 0.714. The number of carboxylic acids is 1. The molecule has 0 saturated carbocycles. The Morgan fingerprint density at radius 2 is 2.38 bits per heavy atom. The average molecular weight is 184 g/mol. The van der Waals surface area contributed by atoms with Crippen LogP contribution in [-0.2, 0) is 11.3 Å². The number of hydrogen-bond acceptors (Lipinski definition) is 4. The molecule has 1 heterocycles. The third-order valence-electron chi connectivity index (χ3n) is 1.75. The van der Waals surface area contributed by atoms with E-state index in [9.17, 15) is 4.79 Å². The number of rotatable bonds is 4. The molecule has 1 aromatic heterocycles. The molecule has 6 heteroatoms. The minimum atomic E-state index is -0.910. The lowest BCUT2D eigenvalue weighted by atomic mass is 10.2. The van der Waals surface area contributed by atoms with Gasteiger partial charge in [0.2, 0.25) is 0 Å². The van der Waals surface area contributed by atoms with Crippen LogP contribution in [0, 0.1) is 0 Å². The second-order valence-corrected chi connectivity index (χ2v) is 2.82. The summed E-state index contributed by atoms with van der Waals surface area (Å²) in [4.78, 5) is 10.6. The van der Waals surface area contributed by atoms with E-state index in [1.54, 1.807) is 6.92 Å². The van der Waals surface area contributed by atoms with Crippen LogP contribution in [0.5, 0.6) is 0 Å². The highest BCUT2D eigenvalue weighted by atomic mass is 16.4. The Labute approximate surface area is 75.6 Å². The summed E-state index contributed by atoms with van der Waals surface area (Å²) in [5.74, 6) is -1.15. The molecule has 0 spiro atoms. The molecule has 6 nitrogen and oxygen atoms in total. The summed E-state index contributed by atoms with van der Waals surface area (Å²) in [5.41, 5.74) is 0. The van der Waals surface area contributed by atoms with Gasteiger partial charge in [0.05, 0.1) is 0 Å². The van der Waals surface area contributed by atoms with Crippen molar-refractivity contribution in [3.05, 3.63) is 5.82 Å². The van der Waals surface area contributed by atoms with Crippen molar-refractivity contribution in [2.45, 2.75) is 32.7 Å². The predicted molar refractivity (Wildman–Crippen MR) is 44.2 cm³/mol. The molecule has 0 aromatic carbocycles. The van der Waals surface area contributed by atoms with Gasteiger partial charge in [-0.05, 0) is 23.8 Å². The summed E-state index contributed by atoms with van der Waals surface area (Å²) in [6.45, 7) is 4.21. The van der Waals surface area contributed by atoms with Crippen molar-refractivity contribution in [3.63, 3.8) is 0 Å². The molecule has 1 N–H and O–H groups in total. The number of carbonyl (C=O) groups is 1. The Morgan fingerprint density at radius 3 is 2.92 bits per heavy atom. The van der Waals surface area contributed by atoms with Crippen molar-refractivity contribution in [3.8, 4) is 0 Å². The van der Waals surface area contributed by atoms with Crippen molar-refractivity contribution in [1.82, 2.24) is 20.2 Å². The van der Waals surface area contributed by atoms with Crippen LogP contribution < -0.4 is 0 Å². The molecule has 0 aliphatic heterocycles. The van der Waals surface area contributed by atoms with Crippen LogP contribution in [0.3, 0.4) is 0 Å². The maximum absolute atomic E-state index is 10.6. The standard InChI is InChI=1S/C7H12N4O2/c1-3-4-11-6(8-9-10-11)5(2)7(12)13/h5H,3-4H2,1-2H3,(H,12,13). The minimum Gasteiger partial charge on any atom is -0.481 e. The minimum absolute atomic E-state index is 0.411. The van der Waals surface area contributed by atoms with Gasteiger partial charge < -0.3 is 5.11 Å². The second-order valence-electron chi connectivity index (χ2n) is 2.82. The number of aromatic nitrogens is 4. The lowest BCUT2D eigenvalue weighted by Crippen LogP contribution is -2.15. The Kier molecular flexibility index (Phi) is 2.94. The highest BCUT2D eigenvalue weighted by Crippen LogP contribution is 2.10. The number of tetrazole rings is 1. The summed E-state index contributed by atoms with van der Waals surface area (Å²) >= 11 is 0. The van der Waals surface area contributed by atoms with Gasteiger partial charge in [-0.15, -0.1) is 5.10 Å². The topological polar surface area (TPSA) is 80.9 Å². The Morgan fingerprint density at radius 1 is 1.69 bits per heavy atom. The normalized spacial score (nSPS) is 12.8. The van der Waals surface area contributed by atoms with Crippen molar-refractivity contribution < 1.29 is 9.90 Å². The van der Waals surface area contributed by atoms with Gasteiger partial charge in [-0.25, -0.2) is 4.68 Å². The zero-order valence-electron chi connectivity index (χ0n) is 7.64. The lowest BCUT2D eigenvalue weighted by Gasteiger charge is -2.05. The molecule has 1 atom stereocenters. The first-order valence-corrected chi connectivity index (χ1v) is 4.15. The van der Waals surface area contributed by atoms with Crippen molar-refractivity contribution in [2.75, 3.05) is 0 Å². The number of hydrogen-bond donors (Lipinski definition) is 1. The molecule has 0 fully saturated rings. The van der Waals surface area contributed by atoms with E-state index < -0.39 is 11.9 Å². The smallest absolute Gasteiger partial charge is 0.314 e. The van der Waals surface area contributed by atoms with Crippen LogP contribution >= 0.6 is 0 Å². The predicted octanol–water partition coefficient (Wildman–Crippen LogP) is 0.271. The Balaban J connectivity index is 2.86. The fourth-order valence-corrected chi connectivity index (χ4v) is 1.00. The summed E-state index contributed by atoms with van der Waals surface area (Å²) in [5, 5.41) is 19.6. The summed E-state index contributed by atoms with van der Waals surface area (Å²) in [7, 11) is 0. The molecular formula is C7H12N4O2. The SMILES string of the molecule is CCCn1nnnc1C(C)C(=O)O. The Hall–Kier alpha value is -1.46. The van der Waals surface area contributed by atoms with Crippen molar-refractivity contribution >= 4 is 5.97 Å². The Bertz CT molecular complexity index is 296. The quantitative estimate of drug-likeness (QED) is 0.726. The highest BCUT2D eigenvalue weighted by Gasteiger charge is 2.20. The number of nitrogens with zero attached hydrogens (tertiary/aromatic N) is 4. The van der Waals surface area contributed by atoms with E-state index in [1.807, 2.05) is 6.92 Å². The van der Waals surface area contributed by atoms with E-state index in [4.69, 9.17) is 5.11 Å². The second kappa shape index (κ2) is 3.97. The molecule has 0 aliphatic rings. The number of carboxylic acid groups (broad SMARTS) is 1. The zero-order chi connectivity index (χ0) is 9.84. The molecule has 13 heavy (non-hydrogen) atoms. The third-order valence-corrected chi connectivity index (χ3v) is 1.75. The third kappa shape index (κ3) is 2.01. The first-order valence-electron chi connectivity index (χ1n) is 4.15. The van der Waals surface area contributed by atoms with Gasteiger partial charge >= 0.3 is 5.97 Å². The van der Waals surface area contributed by atoms with Gasteiger partial charge in [0.25, 0.3) is 0 Å². The molecule has 0 bridgehead atoms. The van der Waals surface area contributed by atoms with Crippen LogP contribution in [0.2, 0.25) is 0 Å². The van der Waals surface area contributed by atoms with Gasteiger partial charge in [0, 0.05) is 6.54 Å². The number of aliphatic carboxylic acids is 1. The van der Waals surface area contributed by atoms with E-state index in [2.05, 4.69) is 15.5 Å². The summed E-state index contributed by atoms with van der Waals surface area (Å²) in [6, 6.07) is 0. The van der Waals surface area contributed by atoms with E-state index in [0.29, 0.717) is 12.4 Å². The van der Waals surface area contributed by atoms with Crippen molar-refractivity contribution in [1.29, 1.82) is 0 Å². The van der Waals surface area contributed by atoms with Crippen LogP contribution in [0.1, 0.15) is 32.0 Å². The average Bonchev–Trinajstić information content (AvgIpc) is 2.52. The van der Waals surface area contributed by atoms with Crippen LogP contribution in [-0.4, -0.2) is 31.3 Å². The first kappa shape index (κ1) is 9.63. The van der Waals surface area contributed by atoms with Crippen molar-refractivity contribution in [2.24, 2.45) is 0 Å². The van der Waals surface area contributed by atoms with E-state index in [-0.39, 0.29) is 0 Å². The fourth-order valence-electron chi connectivity index (χ4n) is 1.00. The molecular weight excluding hydrogens is 172 g/mol. The maximum atomic E-state index is 10.6. The molecule has 0 aliphatic carbocycles. The van der Waals surface area contributed by atoms with Gasteiger partial charge in [0.15, 0.2) is 5.82 Å². The highest BCUT2D eigenvalue weighted by molar-refractivity contribution is 5.74. The van der Waals surface area contributed by atoms with E-state index >= 15 is 0 Å². The van der Waals surface area contributed by atoms with Gasteiger partial charge in [-0.3, -0.25) is 4.79 Å². The monoisotopic (exact) mass is 184 g/mol. The molecule has 0 saturated heterocycles. The largest absolute Gasteiger partial charge is 0.481 e. The zero-order valence-corrected chi connectivity index (χ0v) is 7.64. The van der Waals surface area contributed by atoms with Gasteiger partial charge in [-0.1, -0.05) is 6.92 Å². The van der Waals surface area contributed by atoms with Crippen LogP contribution in [0.4, 0.5) is 0 Å². The molecule has 0 amide bonds. The van der Waals surface area contributed by atoms with E-state index in [1.165, 1.54) is 4.68 Å². The van der Waals surface area contributed by atoms with Gasteiger partial charge in [0.1, 0.15) is 5.92 Å². The summed E-state index contributed by atoms with van der Waals surface area (Å²) in [6.07, 6.45) is 0.879. The van der Waals surface area contributed by atoms with Gasteiger partial charge in [-0.2, -0.15) is 0 Å². The maximum Gasteiger partial charge on any atom is 0.314 e.